The van der Waals surface area contributed by atoms with Crippen LogP contribution in [0.25, 0.3) is 22.6 Å². The van der Waals surface area contributed by atoms with Gasteiger partial charge in [-0.3, -0.25) is 4.79 Å². The normalized spacial score (nSPS) is 12.0. The van der Waals surface area contributed by atoms with Crippen molar-refractivity contribution in [2.24, 2.45) is 0 Å². The van der Waals surface area contributed by atoms with Crippen LogP contribution in [0.1, 0.15) is 61.9 Å². The molecule has 1 aromatic heterocycles. The van der Waals surface area contributed by atoms with Crippen LogP contribution in [0, 0.1) is 0 Å². The van der Waals surface area contributed by atoms with Gasteiger partial charge in [0.15, 0.2) is 5.58 Å². The molecule has 1 amide bonds. The van der Waals surface area contributed by atoms with Gasteiger partial charge in [-0.05, 0) is 72.9 Å². The van der Waals surface area contributed by atoms with E-state index in [9.17, 15) is 4.79 Å². The molecule has 0 aliphatic heterocycles. The van der Waals surface area contributed by atoms with Gasteiger partial charge in [0.05, 0.1) is 6.61 Å². The number of hydrogen-bond acceptors (Lipinski definition) is 4. The van der Waals surface area contributed by atoms with E-state index in [1.165, 1.54) is 5.56 Å². The predicted octanol–water partition coefficient (Wildman–Crippen LogP) is 7.44. The van der Waals surface area contributed by atoms with E-state index >= 15 is 0 Å². The molecule has 1 unspecified atom stereocenters. The van der Waals surface area contributed by atoms with E-state index in [4.69, 9.17) is 9.15 Å². The smallest absolute Gasteiger partial charge is 0.255 e. The fourth-order valence-electron chi connectivity index (χ4n) is 3.60. The molecule has 1 N–H and O–H groups in total. The summed E-state index contributed by atoms with van der Waals surface area (Å²) >= 11 is 0. The van der Waals surface area contributed by atoms with E-state index in [0.29, 0.717) is 35.4 Å². The van der Waals surface area contributed by atoms with Crippen molar-refractivity contribution < 1.29 is 13.9 Å². The van der Waals surface area contributed by atoms with Gasteiger partial charge < -0.3 is 14.5 Å². The highest BCUT2D eigenvalue weighted by Crippen LogP contribution is 2.29. The van der Waals surface area contributed by atoms with E-state index in [1.807, 2.05) is 42.5 Å². The number of carbonyl (C=O) groups is 1. The highest BCUT2D eigenvalue weighted by atomic mass is 16.5. The van der Waals surface area contributed by atoms with E-state index in [1.54, 1.807) is 12.1 Å². The molecule has 0 bridgehead atoms. The number of aromatic nitrogens is 1. The second kappa shape index (κ2) is 10.3. The zero-order valence-electron chi connectivity index (χ0n) is 19.4. The van der Waals surface area contributed by atoms with Crippen molar-refractivity contribution in [3.05, 3.63) is 77.9 Å². The van der Waals surface area contributed by atoms with Crippen LogP contribution in [0.5, 0.6) is 5.75 Å². The number of unbranched alkanes of at least 4 members (excludes halogenated alkanes) is 1. The molecule has 0 saturated heterocycles. The zero-order valence-corrected chi connectivity index (χ0v) is 19.4. The summed E-state index contributed by atoms with van der Waals surface area (Å²) in [5.74, 6) is 1.52. The van der Waals surface area contributed by atoms with Gasteiger partial charge in [0.1, 0.15) is 11.3 Å². The van der Waals surface area contributed by atoms with Crippen LogP contribution in [0.2, 0.25) is 0 Å². The van der Waals surface area contributed by atoms with Crippen LogP contribution < -0.4 is 10.1 Å². The van der Waals surface area contributed by atoms with Gasteiger partial charge in [-0.2, -0.15) is 0 Å². The van der Waals surface area contributed by atoms with Gasteiger partial charge in [-0.25, -0.2) is 4.98 Å². The molecule has 0 radical (unpaired) electrons. The van der Waals surface area contributed by atoms with E-state index < -0.39 is 0 Å². The lowest BCUT2D eigenvalue weighted by atomic mass is 9.98. The highest BCUT2D eigenvalue weighted by Gasteiger charge is 2.13. The first kappa shape index (κ1) is 22.6. The average Bonchev–Trinajstić information content (AvgIpc) is 3.28. The third-order valence-electron chi connectivity index (χ3n) is 5.82. The first-order valence-corrected chi connectivity index (χ1v) is 11.6. The molecule has 0 aliphatic carbocycles. The Hall–Kier alpha value is -3.60. The molecule has 0 spiro atoms. The van der Waals surface area contributed by atoms with Crippen LogP contribution in [-0.2, 0) is 0 Å². The summed E-state index contributed by atoms with van der Waals surface area (Å²) in [6.07, 6.45) is 3.12. The third-order valence-corrected chi connectivity index (χ3v) is 5.82. The lowest BCUT2D eigenvalue weighted by Crippen LogP contribution is -2.12. The molecule has 0 saturated carbocycles. The average molecular weight is 443 g/mol. The van der Waals surface area contributed by atoms with Crippen LogP contribution in [0.4, 0.5) is 5.69 Å². The van der Waals surface area contributed by atoms with Crippen LogP contribution >= 0.6 is 0 Å². The number of hydrogen-bond donors (Lipinski definition) is 1. The van der Waals surface area contributed by atoms with Crippen LogP contribution in [-0.4, -0.2) is 17.5 Å². The molecule has 3 aromatic carbocycles. The molecule has 170 valence electrons. The van der Waals surface area contributed by atoms with Crippen LogP contribution in [0.3, 0.4) is 0 Å². The van der Waals surface area contributed by atoms with Crippen molar-refractivity contribution in [1.29, 1.82) is 0 Å². The maximum Gasteiger partial charge on any atom is 0.255 e. The minimum atomic E-state index is -0.191. The monoisotopic (exact) mass is 442 g/mol. The zero-order chi connectivity index (χ0) is 23.2. The lowest BCUT2D eigenvalue weighted by molar-refractivity contribution is 0.102. The Morgan fingerprint density at radius 3 is 2.73 bits per heavy atom. The van der Waals surface area contributed by atoms with Crippen molar-refractivity contribution in [2.75, 3.05) is 11.9 Å². The van der Waals surface area contributed by atoms with Crippen molar-refractivity contribution in [1.82, 2.24) is 4.98 Å². The SMILES string of the molecule is CCCCOc1cccc(C(=O)Nc2cccc(-c3nc4cc(C(C)CC)ccc4o3)c2)c1. The number of benzene rings is 3. The number of rotatable bonds is 9. The Balaban J connectivity index is 1.51. The number of anilines is 1. The Kier molecular flexibility index (Phi) is 7.08. The summed E-state index contributed by atoms with van der Waals surface area (Å²) in [6.45, 7) is 7.15. The predicted molar refractivity (Wildman–Crippen MR) is 133 cm³/mol. The Morgan fingerprint density at radius 1 is 1.06 bits per heavy atom. The second-order valence-corrected chi connectivity index (χ2v) is 8.32. The summed E-state index contributed by atoms with van der Waals surface area (Å²) < 4.78 is 11.7. The summed E-state index contributed by atoms with van der Waals surface area (Å²) in [7, 11) is 0. The molecule has 0 fully saturated rings. The number of fused-ring (bicyclic) bond motifs is 1. The molecule has 4 rings (SSSR count). The molecule has 5 heteroatoms. The third kappa shape index (κ3) is 5.43. The number of oxazole rings is 1. The van der Waals surface area contributed by atoms with Gasteiger partial charge in [0.25, 0.3) is 5.91 Å². The van der Waals surface area contributed by atoms with E-state index in [2.05, 4.69) is 43.2 Å². The topological polar surface area (TPSA) is 64.4 Å². The highest BCUT2D eigenvalue weighted by molar-refractivity contribution is 6.04. The molecule has 4 aromatic rings. The fourth-order valence-corrected chi connectivity index (χ4v) is 3.60. The summed E-state index contributed by atoms with van der Waals surface area (Å²) in [5, 5.41) is 2.96. The second-order valence-electron chi connectivity index (χ2n) is 8.32. The largest absolute Gasteiger partial charge is 0.494 e. The van der Waals surface area contributed by atoms with Crippen molar-refractivity contribution in [3.63, 3.8) is 0 Å². The first-order chi connectivity index (χ1) is 16.1. The number of ether oxygens (including phenoxy) is 1. The molecule has 5 nitrogen and oxygen atoms in total. The van der Waals surface area contributed by atoms with Gasteiger partial charge in [0, 0.05) is 16.8 Å². The molecular formula is C28H30N2O3. The molecule has 33 heavy (non-hydrogen) atoms. The summed E-state index contributed by atoms with van der Waals surface area (Å²) in [4.78, 5) is 17.5. The van der Waals surface area contributed by atoms with Gasteiger partial charge in [-0.1, -0.05) is 45.4 Å². The van der Waals surface area contributed by atoms with Crippen molar-refractivity contribution in [3.8, 4) is 17.2 Å². The number of amides is 1. The molecular weight excluding hydrogens is 412 g/mol. The summed E-state index contributed by atoms with van der Waals surface area (Å²) in [5.41, 5.74) is 4.90. The van der Waals surface area contributed by atoms with Gasteiger partial charge in [-0.15, -0.1) is 0 Å². The van der Waals surface area contributed by atoms with E-state index in [0.717, 1.165) is 35.9 Å². The maximum atomic E-state index is 12.8. The quantitative estimate of drug-likeness (QED) is 0.274. The summed E-state index contributed by atoms with van der Waals surface area (Å²) in [6, 6.07) is 21.0. The molecule has 1 heterocycles. The van der Waals surface area contributed by atoms with Gasteiger partial charge in [0.2, 0.25) is 5.89 Å². The Morgan fingerprint density at radius 2 is 1.91 bits per heavy atom. The minimum Gasteiger partial charge on any atom is -0.494 e. The molecule has 0 aliphatic rings. The van der Waals surface area contributed by atoms with Gasteiger partial charge >= 0.3 is 0 Å². The Bertz CT molecular complexity index is 1240. The standard InChI is InChI=1S/C28H30N2O3/c1-4-6-15-32-24-12-8-9-21(17-24)27(31)29-23-11-7-10-22(16-23)28-30-25-18-20(19(3)5-2)13-14-26(25)33-28/h7-14,16-19H,4-6,15H2,1-3H3,(H,29,31). The maximum absolute atomic E-state index is 12.8. The number of nitrogens with zero attached hydrogens (tertiary/aromatic N) is 1. The van der Waals surface area contributed by atoms with E-state index in [-0.39, 0.29) is 5.91 Å². The molecule has 1 atom stereocenters. The number of nitrogens with one attached hydrogen (secondary N) is 1. The van der Waals surface area contributed by atoms with Crippen LogP contribution in [0.15, 0.2) is 71.1 Å². The fraction of sp³-hybridized carbons (Fsp3) is 0.286. The lowest BCUT2D eigenvalue weighted by Gasteiger charge is -2.09. The van der Waals surface area contributed by atoms with Crippen molar-refractivity contribution >= 4 is 22.7 Å². The first-order valence-electron chi connectivity index (χ1n) is 11.6. The number of carbonyl (C=O) groups excluding carboxylic acids is 1. The minimum absolute atomic E-state index is 0.191. The Labute approximate surface area is 194 Å². The van der Waals surface area contributed by atoms with Crippen molar-refractivity contribution in [2.45, 2.75) is 46.0 Å².